The molecule has 1 unspecified atom stereocenters. The lowest BCUT2D eigenvalue weighted by Crippen LogP contribution is -2.19. The molecule has 102 valence electrons. The highest BCUT2D eigenvalue weighted by atomic mass is 79.9. The van der Waals surface area contributed by atoms with Gasteiger partial charge >= 0.3 is 0 Å². The fraction of sp³-hybridized carbons (Fsp3) is 0.333. The van der Waals surface area contributed by atoms with Crippen LogP contribution in [0, 0.1) is 0 Å². The predicted octanol–water partition coefficient (Wildman–Crippen LogP) is 3.78. The Bertz CT molecular complexity index is 507. The van der Waals surface area contributed by atoms with Gasteiger partial charge in [0.25, 0.3) is 0 Å². The van der Waals surface area contributed by atoms with Crippen molar-refractivity contribution in [1.82, 2.24) is 5.32 Å². The summed E-state index contributed by atoms with van der Waals surface area (Å²) in [6, 6.07) is 12.3. The summed E-state index contributed by atoms with van der Waals surface area (Å²) >= 11 is 3.44. The quantitative estimate of drug-likeness (QED) is 0.850. The van der Waals surface area contributed by atoms with Crippen LogP contribution < -0.4 is 5.32 Å². The lowest BCUT2D eigenvalue weighted by Gasteiger charge is -2.16. The molecular formula is C15H18BrNO2. The van der Waals surface area contributed by atoms with E-state index in [4.69, 9.17) is 9.52 Å². The zero-order valence-corrected chi connectivity index (χ0v) is 12.5. The van der Waals surface area contributed by atoms with Gasteiger partial charge in [-0.1, -0.05) is 35.0 Å². The SMILES string of the molecule is CCC(NCc1ccc(CO)o1)c1ccc(Br)cc1. The minimum absolute atomic E-state index is 0.0517. The molecule has 0 aliphatic heterocycles. The van der Waals surface area contributed by atoms with E-state index in [1.54, 1.807) is 6.07 Å². The van der Waals surface area contributed by atoms with Crippen molar-refractivity contribution in [1.29, 1.82) is 0 Å². The molecule has 4 heteroatoms. The Morgan fingerprint density at radius 1 is 1.16 bits per heavy atom. The van der Waals surface area contributed by atoms with E-state index in [0.717, 1.165) is 16.7 Å². The molecule has 0 bridgehead atoms. The summed E-state index contributed by atoms with van der Waals surface area (Å²) in [5, 5.41) is 12.4. The van der Waals surface area contributed by atoms with E-state index in [1.807, 2.05) is 6.07 Å². The van der Waals surface area contributed by atoms with Crippen molar-refractivity contribution in [2.45, 2.75) is 32.5 Å². The van der Waals surface area contributed by atoms with Gasteiger partial charge in [-0.25, -0.2) is 0 Å². The van der Waals surface area contributed by atoms with E-state index < -0.39 is 0 Å². The van der Waals surface area contributed by atoms with Gasteiger partial charge in [0.15, 0.2) is 0 Å². The first-order chi connectivity index (χ1) is 9.22. The first-order valence-corrected chi connectivity index (χ1v) is 7.19. The summed E-state index contributed by atoms with van der Waals surface area (Å²) < 4.78 is 6.55. The van der Waals surface area contributed by atoms with Crippen LogP contribution in [-0.2, 0) is 13.2 Å². The molecule has 0 saturated heterocycles. The first-order valence-electron chi connectivity index (χ1n) is 6.40. The van der Waals surface area contributed by atoms with E-state index in [-0.39, 0.29) is 6.61 Å². The van der Waals surface area contributed by atoms with Gasteiger partial charge in [0.2, 0.25) is 0 Å². The van der Waals surface area contributed by atoms with E-state index in [1.165, 1.54) is 5.56 Å². The fourth-order valence-electron chi connectivity index (χ4n) is 2.02. The predicted molar refractivity (Wildman–Crippen MR) is 78.6 cm³/mol. The van der Waals surface area contributed by atoms with Crippen LogP contribution in [0.4, 0.5) is 0 Å². The minimum Gasteiger partial charge on any atom is -0.462 e. The van der Waals surface area contributed by atoms with Crippen LogP contribution >= 0.6 is 15.9 Å². The first kappa shape index (κ1) is 14.3. The molecule has 0 spiro atoms. The van der Waals surface area contributed by atoms with Gasteiger partial charge in [-0.2, -0.15) is 0 Å². The van der Waals surface area contributed by atoms with Crippen molar-refractivity contribution >= 4 is 15.9 Å². The maximum atomic E-state index is 8.96. The Kier molecular flexibility index (Phi) is 5.19. The van der Waals surface area contributed by atoms with Crippen LogP contribution in [0.2, 0.25) is 0 Å². The summed E-state index contributed by atoms with van der Waals surface area (Å²) in [6.07, 6.45) is 1.01. The molecule has 3 nitrogen and oxygen atoms in total. The fourth-order valence-corrected chi connectivity index (χ4v) is 2.28. The average Bonchev–Trinajstić information content (AvgIpc) is 2.89. The van der Waals surface area contributed by atoms with E-state index in [2.05, 4.69) is 52.4 Å². The highest BCUT2D eigenvalue weighted by molar-refractivity contribution is 9.10. The number of furan rings is 1. The van der Waals surface area contributed by atoms with Crippen LogP contribution in [0.5, 0.6) is 0 Å². The van der Waals surface area contributed by atoms with Crippen molar-refractivity contribution in [2.24, 2.45) is 0 Å². The summed E-state index contributed by atoms with van der Waals surface area (Å²) in [5.74, 6) is 1.45. The minimum atomic E-state index is -0.0517. The Labute approximate surface area is 121 Å². The summed E-state index contributed by atoms with van der Waals surface area (Å²) in [7, 11) is 0. The highest BCUT2D eigenvalue weighted by Gasteiger charge is 2.09. The molecule has 0 fully saturated rings. The summed E-state index contributed by atoms with van der Waals surface area (Å²) in [5.41, 5.74) is 1.26. The van der Waals surface area contributed by atoms with Gasteiger partial charge in [-0.15, -0.1) is 0 Å². The number of aliphatic hydroxyl groups is 1. The molecule has 0 aliphatic carbocycles. The van der Waals surface area contributed by atoms with Crippen LogP contribution in [-0.4, -0.2) is 5.11 Å². The molecule has 2 aromatic rings. The molecule has 0 saturated carbocycles. The van der Waals surface area contributed by atoms with Gasteiger partial charge in [0.05, 0.1) is 6.54 Å². The Morgan fingerprint density at radius 2 is 1.84 bits per heavy atom. The number of aliphatic hydroxyl groups excluding tert-OH is 1. The van der Waals surface area contributed by atoms with Gasteiger partial charge in [-0.3, -0.25) is 0 Å². The second kappa shape index (κ2) is 6.89. The number of benzene rings is 1. The molecule has 0 amide bonds. The van der Waals surface area contributed by atoms with Crippen LogP contribution in [0.25, 0.3) is 0 Å². The summed E-state index contributed by atoms with van der Waals surface area (Å²) in [6.45, 7) is 2.76. The molecule has 2 N–H and O–H groups in total. The van der Waals surface area contributed by atoms with Crippen molar-refractivity contribution in [3.05, 3.63) is 58.0 Å². The lowest BCUT2D eigenvalue weighted by molar-refractivity contribution is 0.242. The smallest absolute Gasteiger partial charge is 0.129 e. The normalized spacial score (nSPS) is 12.6. The standard InChI is InChI=1S/C15H18BrNO2/c1-2-15(11-3-5-12(16)6-4-11)17-9-13-7-8-14(10-18)19-13/h3-8,15,17-18H,2,9-10H2,1H3. The van der Waals surface area contributed by atoms with E-state index in [9.17, 15) is 0 Å². The summed E-state index contributed by atoms with van der Waals surface area (Å²) in [4.78, 5) is 0. The molecular weight excluding hydrogens is 306 g/mol. The molecule has 0 radical (unpaired) electrons. The van der Waals surface area contributed by atoms with Gasteiger partial charge < -0.3 is 14.8 Å². The zero-order valence-electron chi connectivity index (χ0n) is 10.9. The van der Waals surface area contributed by atoms with Crippen LogP contribution in [0.3, 0.4) is 0 Å². The molecule has 1 atom stereocenters. The molecule has 1 aromatic heterocycles. The molecule has 19 heavy (non-hydrogen) atoms. The Balaban J connectivity index is 1.97. The van der Waals surface area contributed by atoms with E-state index >= 15 is 0 Å². The van der Waals surface area contributed by atoms with Crippen molar-refractivity contribution in [3.8, 4) is 0 Å². The second-order valence-corrected chi connectivity index (χ2v) is 5.34. The van der Waals surface area contributed by atoms with Gasteiger partial charge in [0.1, 0.15) is 18.1 Å². The monoisotopic (exact) mass is 323 g/mol. The van der Waals surface area contributed by atoms with Crippen molar-refractivity contribution in [2.75, 3.05) is 0 Å². The van der Waals surface area contributed by atoms with Crippen molar-refractivity contribution < 1.29 is 9.52 Å². The average molecular weight is 324 g/mol. The topological polar surface area (TPSA) is 45.4 Å². The third-order valence-corrected chi connectivity index (χ3v) is 3.61. The Morgan fingerprint density at radius 3 is 2.42 bits per heavy atom. The number of hydrogen-bond acceptors (Lipinski definition) is 3. The maximum Gasteiger partial charge on any atom is 0.129 e. The maximum absolute atomic E-state index is 8.96. The van der Waals surface area contributed by atoms with Gasteiger partial charge in [-0.05, 0) is 36.2 Å². The molecule has 2 rings (SSSR count). The number of hydrogen-bond donors (Lipinski definition) is 2. The molecule has 1 aromatic carbocycles. The van der Waals surface area contributed by atoms with Crippen LogP contribution in [0.1, 0.15) is 36.5 Å². The molecule has 0 aliphatic rings. The third-order valence-electron chi connectivity index (χ3n) is 3.08. The number of nitrogens with one attached hydrogen (secondary N) is 1. The second-order valence-electron chi connectivity index (χ2n) is 4.42. The van der Waals surface area contributed by atoms with Crippen molar-refractivity contribution in [3.63, 3.8) is 0 Å². The van der Waals surface area contributed by atoms with Crippen LogP contribution in [0.15, 0.2) is 45.3 Å². The zero-order chi connectivity index (χ0) is 13.7. The largest absolute Gasteiger partial charge is 0.462 e. The van der Waals surface area contributed by atoms with Gasteiger partial charge in [0, 0.05) is 10.5 Å². The lowest BCUT2D eigenvalue weighted by atomic mass is 10.0. The molecule has 1 heterocycles. The van der Waals surface area contributed by atoms with E-state index in [0.29, 0.717) is 18.3 Å². The Hall–Kier alpha value is -1.10. The highest BCUT2D eigenvalue weighted by Crippen LogP contribution is 2.20. The third kappa shape index (κ3) is 3.93. The number of halogens is 1. The number of rotatable bonds is 6.